The highest BCUT2D eigenvalue weighted by Gasteiger charge is 2.15. The zero-order valence-corrected chi connectivity index (χ0v) is 12.3. The number of carbonyl (C=O) groups excluding carboxylic acids is 1. The van der Waals surface area contributed by atoms with Gasteiger partial charge in [-0.2, -0.15) is 0 Å². The smallest absolute Gasteiger partial charge is 0.258 e. The van der Waals surface area contributed by atoms with Gasteiger partial charge in [-0.1, -0.05) is 30.4 Å². The first-order valence-electron chi connectivity index (χ1n) is 6.24. The second-order valence-electron chi connectivity index (χ2n) is 4.59. The van der Waals surface area contributed by atoms with Crippen molar-refractivity contribution in [2.45, 2.75) is 6.92 Å². The number of benzene rings is 2. The Morgan fingerprint density at radius 3 is 2.25 bits per heavy atom. The van der Waals surface area contributed by atoms with Gasteiger partial charge in [0.2, 0.25) is 0 Å². The summed E-state index contributed by atoms with van der Waals surface area (Å²) in [4.78, 5) is 14.4. The van der Waals surface area contributed by atoms with E-state index >= 15 is 0 Å². The van der Waals surface area contributed by atoms with Crippen molar-refractivity contribution in [3.8, 4) is 0 Å². The monoisotopic (exact) mass is 284 g/mol. The number of aryl methyl sites for hydroxylation is 1. The summed E-state index contributed by atoms with van der Waals surface area (Å²) in [5.74, 6) is -0.0359. The lowest BCUT2D eigenvalue weighted by molar-refractivity contribution is 0.0992. The Labute approximate surface area is 124 Å². The van der Waals surface area contributed by atoms with Gasteiger partial charge in [-0.25, -0.2) is 0 Å². The Kier molecular flexibility index (Phi) is 4.15. The van der Waals surface area contributed by atoms with E-state index in [2.05, 4.69) is 0 Å². The van der Waals surface area contributed by atoms with Crippen molar-refractivity contribution in [1.82, 2.24) is 0 Å². The summed E-state index contributed by atoms with van der Waals surface area (Å²) < 4.78 is 0. The molecule has 0 saturated heterocycles. The van der Waals surface area contributed by atoms with Crippen molar-refractivity contribution in [2.24, 2.45) is 5.73 Å². The Morgan fingerprint density at radius 2 is 1.70 bits per heavy atom. The highest BCUT2D eigenvalue weighted by molar-refractivity contribution is 7.80. The molecule has 4 heteroatoms. The first kappa shape index (κ1) is 14.2. The molecule has 0 bridgehead atoms. The van der Waals surface area contributed by atoms with Gasteiger partial charge >= 0.3 is 0 Å². The third kappa shape index (κ3) is 2.86. The van der Waals surface area contributed by atoms with E-state index in [-0.39, 0.29) is 5.91 Å². The van der Waals surface area contributed by atoms with Gasteiger partial charge in [0.1, 0.15) is 4.99 Å². The average Bonchev–Trinajstić information content (AvgIpc) is 2.46. The van der Waals surface area contributed by atoms with Crippen molar-refractivity contribution >= 4 is 28.8 Å². The average molecular weight is 284 g/mol. The van der Waals surface area contributed by atoms with Gasteiger partial charge < -0.3 is 10.6 Å². The van der Waals surface area contributed by atoms with Gasteiger partial charge in [-0.3, -0.25) is 4.79 Å². The normalized spacial score (nSPS) is 10.1. The molecular weight excluding hydrogens is 268 g/mol. The van der Waals surface area contributed by atoms with Crippen LogP contribution < -0.4 is 10.6 Å². The summed E-state index contributed by atoms with van der Waals surface area (Å²) in [6.45, 7) is 1.93. The highest BCUT2D eigenvalue weighted by atomic mass is 32.1. The molecule has 0 fully saturated rings. The molecule has 1 amide bonds. The van der Waals surface area contributed by atoms with Crippen molar-refractivity contribution in [3.63, 3.8) is 0 Å². The van der Waals surface area contributed by atoms with Crippen LogP contribution in [-0.2, 0) is 0 Å². The summed E-state index contributed by atoms with van der Waals surface area (Å²) in [5.41, 5.74) is 8.82. The fraction of sp³-hybridized carbons (Fsp3) is 0.125. The molecule has 0 aromatic heterocycles. The van der Waals surface area contributed by atoms with Gasteiger partial charge in [-0.05, 0) is 42.8 Å². The van der Waals surface area contributed by atoms with Crippen LogP contribution in [0, 0.1) is 6.92 Å². The van der Waals surface area contributed by atoms with E-state index in [0.29, 0.717) is 10.6 Å². The van der Waals surface area contributed by atoms with E-state index in [1.807, 2.05) is 55.5 Å². The first-order chi connectivity index (χ1) is 9.50. The third-order valence-corrected chi connectivity index (χ3v) is 3.45. The van der Waals surface area contributed by atoms with Gasteiger partial charge in [0.15, 0.2) is 0 Å². The molecule has 0 atom stereocenters. The minimum atomic E-state index is -0.0359. The number of anilines is 1. The van der Waals surface area contributed by atoms with Gasteiger partial charge in [0.05, 0.1) is 0 Å². The van der Waals surface area contributed by atoms with Gasteiger partial charge in [0.25, 0.3) is 5.91 Å². The lowest BCUT2D eigenvalue weighted by atomic mass is 10.1. The van der Waals surface area contributed by atoms with Crippen molar-refractivity contribution in [1.29, 1.82) is 0 Å². The molecule has 0 radical (unpaired) electrons. The fourth-order valence-corrected chi connectivity index (χ4v) is 2.10. The summed E-state index contributed by atoms with van der Waals surface area (Å²) in [7, 11) is 1.75. The molecule has 0 unspecified atom stereocenters. The van der Waals surface area contributed by atoms with Crippen LogP contribution in [0.5, 0.6) is 0 Å². The number of hydrogen-bond acceptors (Lipinski definition) is 2. The van der Waals surface area contributed by atoms with Crippen LogP contribution in [-0.4, -0.2) is 17.9 Å². The number of amides is 1. The minimum absolute atomic E-state index is 0.0359. The van der Waals surface area contributed by atoms with E-state index in [9.17, 15) is 4.79 Å². The highest BCUT2D eigenvalue weighted by Crippen LogP contribution is 2.18. The summed E-state index contributed by atoms with van der Waals surface area (Å²) in [6, 6.07) is 14.9. The van der Waals surface area contributed by atoms with Gasteiger partial charge in [0, 0.05) is 23.9 Å². The SMILES string of the molecule is Cc1ccccc1C(=O)N(C)c1ccc(C(N)=S)cc1. The van der Waals surface area contributed by atoms with Crippen molar-refractivity contribution in [2.75, 3.05) is 11.9 Å². The molecular formula is C16H16N2OS. The number of thiocarbonyl (C=S) groups is 1. The topological polar surface area (TPSA) is 46.3 Å². The second kappa shape index (κ2) is 5.84. The Hall–Kier alpha value is -2.20. The predicted molar refractivity (Wildman–Crippen MR) is 86.2 cm³/mol. The van der Waals surface area contributed by atoms with Crippen LogP contribution in [0.2, 0.25) is 0 Å². The van der Waals surface area contributed by atoms with Crippen LogP contribution in [0.3, 0.4) is 0 Å². The summed E-state index contributed by atoms with van der Waals surface area (Å²) >= 11 is 4.91. The maximum atomic E-state index is 12.5. The molecule has 102 valence electrons. The van der Waals surface area contributed by atoms with Crippen LogP contribution in [0.4, 0.5) is 5.69 Å². The van der Waals surface area contributed by atoms with E-state index in [1.165, 1.54) is 0 Å². The van der Waals surface area contributed by atoms with E-state index in [4.69, 9.17) is 18.0 Å². The molecule has 0 saturated carbocycles. The molecule has 2 aromatic carbocycles. The number of nitrogens with two attached hydrogens (primary N) is 1. The molecule has 0 aliphatic heterocycles. The summed E-state index contributed by atoms with van der Waals surface area (Å²) in [6.07, 6.45) is 0. The second-order valence-corrected chi connectivity index (χ2v) is 5.03. The van der Waals surface area contributed by atoms with E-state index in [1.54, 1.807) is 11.9 Å². The quantitative estimate of drug-likeness (QED) is 0.882. The van der Waals surface area contributed by atoms with E-state index in [0.717, 1.165) is 16.8 Å². The zero-order valence-electron chi connectivity index (χ0n) is 11.5. The van der Waals surface area contributed by atoms with Crippen LogP contribution >= 0.6 is 12.2 Å². The first-order valence-corrected chi connectivity index (χ1v) is 6.65. The van der Waals surface area contributed by atoms with Crippen LogP contribution in [0.1, 0.15) is 21.5 Å². The molecule has 0 aliphatic rings. The van der Waals surface area contributed by atoms with E-state index < -0.39 is 0 Å². The molecule has 0 spiro atoms. The third-order valence-electron chi connectivity index (χ3n) is 3.22. The maximum absolute atomic E-state index is 12.5. The van der Waals surface area contributed by atoms with Crippen molar-refractivity contribution < 1.29 is 4.79 Å². The molecule has 0 aliphatic carbocycles. The molecule has 2 aromatic rings. The maximum Gasteiger partial charge on any atom is 0.258 e. The number of carbonyl (C=O) groups is 1. The van der Waals surface area contributed by atoms with Crippen LogP contribution in [0.15, 0.2) is 48.5 Å². The summed E-state index contributed by atoms with van der Waals surface area (Å²) in [5, 5.41) is 0. The molecule has 3 nitrogen and oxygen atoms in total. The molecule has 0 heterocycles. The molecule has 2 N–H and O–H groups in total. The number of hydrogen-bond donors (Lipinski definition) is 1. The van der Waals surface area contributed by atoms with Crippen LogP contribution in [0.25, 0.3) is 0 Å². The van der Waals surface area contributed by atoms with Crippen molar-refractivity contribution in [3.05, 3.63) is 65.2 Å². The zero-order chi connectivity index (χ0) is 14.7. The Bertz CT molecular complexity index is 650. The van der Waals surface area contributed by atoms with Gasteiger partial charge in [-0.15, -0.1) is 0 Å². The number of nitrogens with zero attached hydrogens (tertiary/aromatic N) is 1. The standard InChI is InChI=1S/C16H16N2OS/c1-11-5-3-4-6-14(11)16(19)18(2)13-9-7-12(8-10-13)15(17)20/h3-10H,1-2H3,(H2,17,20). The fourth-order valence-electron chi connectivity index (χ4n) is 1.96. The predicted octanol–water partition coefficient (Wildman–Crippen LogP) is 2.91. The number of rotatable bonds is 3. The lowest BCUT2D eigenvalue weighted by Crippen LogP contribution is -2.26. The molecule has 20 heavy (non-hydrogen) atoms. The largest absolute Gasteiger partial charge is 0.389 e. The Morgan fingerprint density at radius 1 is 1.10 bits per heavy atom. The minimum Gasteiger partial charge on any atom is -0.389 e. The lowest BCUT2D eigenvalue weighted by Gasteiger charge is -2.18. The Balaban J connectivity index is 2.27. The molecule has 2 rings (SSSR count).